The second-order valence-electron chi connectivity index (χ2n) is 4.78. The third-order valence-corrected chi connectivity index (χ3v) is 3.50. The molecule has 0 aromatic rings. The first-order chi connectivity index (χ1) is 8.79. The summed E-state index contributed by atoms with van der Waals surface area (Å²) in [5.41, 5.74) is 5.67. The Morgan fingerprint density at radius 1 is 1.33 bits per heavy atom. The van der Waals surface area contributed by atoms with E-state index in [1.165, 1.54) is 0 Å². The number of carbonyl (C=O) groups is 1. The van der Waals surface area contributed by atoms with Crippen molar-refractivity contribution in [2.24, 2.45) is 17.6 Å². The van der Waals surface area contributed by atoms with Crippen LogP contribution in [0, 0.1) is 11.8 Å². The molecule has 1 amide bonds. The molecule has 0 saturated heterocycles. The zero-order valence-corrected chi connectivity index (χ0v) is 11.3. The van der Waals surface area contributed by atoms with Crippen LogP contribution in [0.2, 0.25) is 0 Å². The number of nitrogens with one attached hydrogen (secondary N) is 1. The molecule has 18 heavy (non-hydrogen) atoms. The summed E-state index contributed by atoms with van der Waals surface area (Å²) in [7, 11) is 1.65. The van der Waals surface area contributed by atoms with Crippen LogP contribution in [-0.2, 0) is 14.3 Å². The normalized spacial score (nSPS) is 23.2. The highest BCUT2D eigenvalue weighted by Gasteiger charge is 2.31. The van der Waals surface area contributed by atoms with Crippen molar-refractivity contribution in [1.82, 2.24) is 5.32 Å². The summed E-state index contributed by atoms with van der Waals surface area (Å²) >= 11 is 0. The lowest BCUT2D eigenvalue weighted by atomic mass is 9.95. The SMILES string of the molecule is COCCOCCCNC(=O)C1CCCC1CN. The van der Waals surface area contributed by atoms with Crippen molar-refractivity contribution in [1.29, 1.82) is 0 Å². The minimum atomic E-state index is 0.129. The largest absolute Gasteiger partial charge is 0.382 e. The summed E-state index contributed by atoms with van der Waals surface area (Å²) in [6.45, 7) is 3.20. The van der Waals surface area contributed by atoms with Gasteiger partial charge in [0.15, 0.2) is 0 Å². The fourth-order valence-corrected chi connectivity index (χ4v) is 2.43. The summed E-state index contributed by atoms with van der Waals surface area (Å²) in [6, 6.07) is 0. The monoisotopic (exact) mass is 258 g/mol. The first-order valence-corrected chi connectivity index (χ1v) is 6.84. The minimum Gasteiger partial charge on any atom is -0.382 e. The van der Waals surface area contributed by atoms with Gasteiger partial charge in [-0.1, -0.05) is 6.42 Å². The molecular weight excluding hydrogens is 232 g/mol. The Hall–Kier alpha value is -0.650. The van der Waals surface area contributed by atoms with E-state index in [1.54, 1.807) is 7.11 Å². The van der Waals surface area contributed by atoms with Gasteiger partial charge in [0, 0.05) is 26.2 Å². The number of methoxy groups -OCH3 is 1. The molecule has 0 aromatic carbocycles. The number of ether oxygens (including phenoxy) is 2. The number of nitrogens with two attached hydrogens (primary N) is 1. The van der Waals surface area contributed by atoms with Crippen molar-refractivity contribution in [2.45, 2.75) is 25.7 Å². The molecule has 2 unspecified atom stereocenters. The van der Waals surface area contributed by atoms with Gasteiger partial charge in [-0.2, -0.15) is 0 Å². The third kappa shape index (κ3) is 5.33. The Morgan fingerprint density at radius 2 is 2.17 bits per heavy atom. The van der Waals surface area contributed by atoms with Crippen LogP contribution in [0.4, 0.5) is 0 Å². The van der Waals surface area contributed by atoms with E-state index in [4.69, 9.17) is 15.2 Å². The van der Waals surface area contributed by atoms with Gasteiger partial charge in [-0.25, -0.2) is 0 Å². The summed E-state index contributed by atoms with van der Waals surface area (Å²) in [5.74, 6) is 0.673. The highest BCUT2D eigenvalue weighted by molar-refractivity contribution is 5.79. The zero-order valence-electron chi connectivity index (χ0n) is 11.3. The molecule has 1 rings (SSSR count). The van der Waals surface area contributed by atoms with Gasteiger partial charge in [0.2, 0.25) is 5.91 Å². The maximum absolute atomic E-state index is 11.9. The van der Waals surface area contributed by atoms with Crippen molar-refractivity contribution < 1.29 is 14.3 Å². The van der Waals surface area contributed by atoms with Gasteiger partial charge in [-0.15, -0.1) is 0 Å². The molecule has 5 nitrogen and oxygen atoms in total. The smallest absolute Gasteiger partial charge is 0.223 e. The van der Waals surface area contributed by atoms with E-state index in [1.807, 2.05) is 0 Å². The Labute approximate surface area is 109 Å². The number of rotatable bonds is 9. The molecule has 0 heterocycles. The summed E-state index contributed by atoms with van der Waals surface area (Å²) in [4.78, 5) is 11.9. The van der Waals surface area contributed by atoms with Crippen molar-refractivity contribution in [2.75, 3.05) is 40.0 Å². The van der Waals surface area contributed by atoms with Crippen LogP contribution in [0.5, 0.6) is 0 Å². The fourth-order valence-electron chi connectivity index (χ4n) is 2.43. The van der Waals surface area contributed by atoms with Gasteiger partial charge in [-0.3, -0.25) is 4.79 Å². The molecule has 0 aliphatic heterocycles. The van der Waals surface area contributed by atoms with E-state index in [9.17, 15) is 4.79 Å². The first-order valence-electron chi connectivity index (χ1n) is 6.84. The third-order valence-electron chi connectivity index (χ3n) is 3.50. The van der Waals surface area contributed by atoms with Crippen molar-refractivity contribution in [3.63, 3.8) is 0 Å². The summed E-state index contributed by atoms with van der Waals surface area (Å²) < 4.78 is 10.2. The van der Waals surface area contributed by atoms with E-state index in [0.717, 1.165) is 25.7 Å². The predicted octanol–water partition coefficient (Wildman–Crippen LogP) is 0.531. The molecule has 1 saturated carbocycles. The average molecular weight is 258 g/mol. The lowest BCUT2D eigenvalue weighted by molar-refractivity contribution is -0.126. The van der Waals surface area contributed by atoms with E-state index < -0.39 is 0 Å². The molecule has 1 aliphatic rings. The molecule has 5 heteroatoms. The van der Waals surface area contributed by atoms with Crippen LogP contribution in [0.3, 0.4) is 0 Å². The lowest BCUT2D eigenvalue weighted by Gasteiger charge is -2.17. The molecule has 2 atom stereocenters. The van der Waals surface area contributed by atoms with E-state index in [-0.39, 0.29) is 11.8 Å². The van der Waals surface area contributed by atoms with Crippen LogP contribution in [0.1, 0.15) is 25.7 Å². The Balaban J connectivity index is 2.03. The van der Waals surface area contributed by atoms with Gasteiger partial charge < -0.3 is 20.5 Å². The quantitative estimate of drug-likeness (QED) is 0.592. The molecule has 0 radical (unpaired) electrons. The number of amides is 1. The number of hydrogen-bond donors (Lipinski definition) is 2. The molecule has 106 valence electrons. The minimum absolute atomic E-state index is 0.129. The summed E-state index contributed by atoms with van der Waals surface area (Å²) in [6.07, 6.45) is 4.04. The first kappa shape index (κ1) is 15.4. The molecule has 0 spiro atoms. The van der Waals surface area contributed by atoms with Gasteiger partial charge >= 0.3 is 0 Å². The van der Waals surface area contributed by atoms with Crippen LogP contribution in [0.25, 0.3) is 0 Å². The summed E-state index contributed by atoms with van der Waals surface area (Å²) in [5, 5.41) is 2.97. The zero-order chi connectivity index (χ0) is 13.2. The molecule has 1 aliphatic carbocycles. The van der Waals surface area contributed by atoms with Crippen LogP contribution in [0.15, 0.2) is 0 Å². The van der Waals surface area contributed by atoms with E-state index >= 15 is 0 Å². The Kier molecular flexibility index (Phi) is 7.96. The van der Waals surface area contributed by atoms with Crippen molar-refractivity contribution in [3.05, 3.63) is 0 Å². The van der Waals surface area contributed by atoms with E-state index in [0.29, 0.717) is 38.8 Å². The second kappa shape index (κ2) is 9.30. The predicted molar refractivity (Wildman–Crippen MR) is 70.2 cm³/mol. The Bertz CT molecular complexity index is 236. The van der Waals surface area contributed by atoms with Gasteiger partial charge in [-0.05, 0) is 31.7 Å². The maximum atomic E-state index is 11.9. The molecule has 0 aromatic heterocycles. The second-order valence-corrected chi connectivity index (χ2v) is 4.78. The number of carbonyl (C=O) groups excluding carboxylic acids is 1. The molecule has 1 fully saturated rings. The molecule has 0 bridgehead atoms. The standard InChI is InChI=1S/C13H26N2O3/c1-17-8-9-18-7-3-6-15-13(16)12-5-2-4-11(12)10-14/h11-12H,2-10,14H2,1H3,(H,15,16). The van der Waals surface area contributed by atoms with Crippen molar-refractivity contribution >= 4 is 5.91 Å². The van der Waals surface area contributed by atoms with Gasteiger partial charge in [0.1, 0.15) is 0 Å². The number of hydrogen-bond acceptors (Lipinski definition) is 4. The van der Waals surface area contributed by atoms with Crippen LogP contribution in [-0.4, -0.2) is 45.9 Å². The molecule has 3 N–H and O–H groups in total. The van der Waals surface area contributed by atoms with Gasteiger partial charge in [0.05, 0.1) is 13.2 Å². The molecular formula is C13H26N2O3. The fraction of sp³-hybridized carbons (Fsp3) is 0.923. The van der Waals surface area contributed by atoms with Crippen LogP contribution < -0.4 is 11.1 Å². The lowest BCUT2D eigenvalue weighted by Crippen LogP contribution is -2.35. The maximum Gasteiger partial charge on any atom is 0.223 e. The van der Waals surface area contributed by atoms with E-state index in [2.05, 4.69) is 5.32 Å². The topological polar surface area (TPSA) is 73.6 Å². The highest BCUT2D eigenvalue weighted by Crippen LogP contribution is 2.30. The Morgan fingerprint density at radius 3 is 2.89 bits per heavy atom. The van der Waals surface area contributed by atoms with Crippen LogP contribution >= 0.6 is 0 Å². The van der Waals surface area contributed by atoms with Gasteiger partial charge in [0.25, 0.3) is 0 Å². The highest BCUT2D eigenvalue weighted by atomic mass is 16.5. The van der Waals surface area contributed by atoms with Crippen molar-refractivity contribution in [3.8, 4) is 0 Å². The average Bonchev–Trinajstić information content (AvgIpc) is 2.85.